The van der Waals surface area contributed by atoms with Crippen molar-refractivity contribution in [3.8, 4) is 0 Å². The number of aryl methyl sites for hydroxylation is 2. The van der Waals surface area contributed by atoms with Gasteiger partial charge in [0.1, 0.15) is 0 Å². The van der Waals surface area contributed by atoms with Crippen LogP contribution >= 0.6 is 0 Å². The summed E-state index contributed by atoms with van der Waals surface area (Å²) in [5, 5.41) is 3.64. The van der Waals surface area contributed by atoms with Gasteiger partial charge in [0, 0.05) is 25.7 Å². The van der Waals surface area contributed by atoms with Gasteiger partial charge in [0.15, 0.2) is 0 Å². The summed E-state index contributed by atoms with van der Waals surface area (Å²) >= 11 is 0. The van der Waals surface area contributed by atoms with E-state index < -0.39 is 0 Å². The Morgan fingerprint density at radius 2 is 1.95 bits per heavy atom. The molecule has 1 rings (SSSR count). The third-order valence-corrected chi connectivity index (χ3v) is 4.11. The van der Waals surface area contributed by atoms with Crippen molar-refractivity contribution in [1.29, 1.82) is 0 Å². The molecule has 0 aliphatic heterocycles. The molecule has 0 saturated heterocycles. The predicted molar refractivity (Wildman–Crippen MR) is 90.9 cm³/mol. The molecule has 0 amide bonds. The zero-order chi connectivity index (χ0) is 15.8. The largest absolute Gasteiger partial charge is 0.383 e. The lowest BCUT2D eigenvalue weighted by Gasteiger charge is -2.32. The third-order valence-electron chi connectivity index (χ3n) is 4.11. The molecule has 1 aromatic carbocycles. The van der Waals surface area contributed by atoms with Crippen LogP contribution in [-0.2, 0) is 4.74 Å². The van der Waals surface area contributed by atoms with E-state index in [1.165, 1.54) is 16.7 Å². The van der Waals surface area contributed by atoms with Gasteiger partial charge in [0.2, 0.25) is 0 Å². The number of methoxy groups -OCH3 is 1. The van der Waals surface area contributed by atoms with Crippen molar-refractivity contribution < 1.29 is 4.74 Å². The molecule has 0 bridgehead atoms. The molecule has 2 unspecified atom stereocenters. The van der Waals surface area contributed by atoms with Crippen molar-refractivity contribution in [3.63, 3.8) is 0 Å². The van der Waals surface area contributed by atoms with E-state index in [0.29, 0.717) is 12.1 Å². The first-order valence-electron chi connectivity index (χ1n) is 8.06. The Morgan fingerprint density at radius 3 is 2.48 bits per heavy atom. The molecule has 120 valence electrons. The van der Waals surface area contributed by atoms with E-state index >= 15 is 0 Å². The second-order valence-corrected chi connectivity index (χ2v) is 5.86. The lowest BCUT2D eigenvalue weighted by atomic mass is 9.98. The van der Waals surface area contributed by atoms with Crippen molar-refractivity contribution in [2.75, 3.05) is 33.4 Å². The average molecular weight is 292 g/mol. The number of hydrogen-bond acceptors (Lipinski definition) is 3. The summed E-state index contributed by atoms with van der Waals surface area (Å²) in [5.41, 5.74) is 4.11. The van der Waals surface area contributed by atoms with Crippen molar-refractivity contribution in [1.82, 2.24) is 10.2 Å². The van der Waals surface area contributed by atoms with Gasteiger partial charge in [-0.1, -0.05) is 37.6 Å². The Morgan fingerprint density at radius 1 is 1.24 bits per heavy atom. The minimum atomic E-state index is 0.370. The van der Waals surface area contributed by atoms with E-state index in [0.717, 1.165) is 26.2 Å². The van der Waals surface area contributed by atoms with Gasteiger partial charge >= 0.3 is 0 Å². The molecular formula is C18H32N2O. The minimum absolute atomic E-state index is 0.370. The van der Waals surface area contributed by atoms with Crippen molar-refractivity contribution in [3.05, 3.63) is 34.9 Å². The maximum atomic E-state index is 5.31. The maximum Gasteiger partial charge on any atom is 0.0615 e. The molecule has 1 aromatic rings. The predicted octanol–water partition coefficient (Wildman–Crippen LogP) is 3.31. The highest BCUT2D eigenvalue weighted by Crippen LogP contribution is 2.21. The number of ether oxygens (including phenoxy) is 1. The average Bonchev–Trinajstić information content (AvgIpc) is 2.44. The van der Waals surface area contributed by atoms with E-state index in [-0.39, 0.29) is 0 Å². The third kappa shape index (κ3) is 5.42. The molecule has 3 heteroatoms. The van der Waals surface area contributed by atoms with Crippen LogP contribution in [0.15, 0.2) is 18.2 Å². The molecule has 0 aromatic heterocycles. The highest BCUT2D eigenvalue weighted by atomic mass is 16.5. The molecule has 0 spiro atoms. The monoisotopic (exact) mass is 292 g/mol. The lowest BCUT2D eigenvalue weighted by Crippen LogP contribution is -2.42. The quantitative estimate of drug-likeness (QED) is 0.756. The Hall–Kier alpha value is -0.900. The first-order chi connectivity index (χ1) is 10.0. The number of nitrogens with one attached hydrogen (secondary N) is 1. The topological polar surface area (TPSA) is 24.5 Å². The standard InChI is InChI=1S/C18H32N2O/c1-7-19-18(12-20(8-2)16(5)13-21-6)17-10-9-14(3)11-15(17)4/h9-11,16,18-19H,7-8,12-13H2,1-6H3. The number of benzene rings is 1. The molecule has 1 N–H and O–H groups in total. The molecule has 21 heavy (non-hydrogen) atoms. The number of hydrogen-bond donors (Lipinski definition) is 1. The van der Waals surface area contributed by atoms with Gasteiger partial charge in [-0.2, -0.15) is 0 Å². The first-order valence-corrected chi connectivity index (χ1v) is 8.06. The van der Waals surface area contributed by atoms with Gasteiger partial charge < -0.3 is 10.1 Å². The van der Waals surface area contributed by atoms with E-state index in [9.17, 15) is 0 Å². The zero-order valence-corrected chi connectivity index (χ0v) is 14.6. The molecule has 2 atom stereocenters. The van der Waals surface area contributed by atoms with Crippen LogP contribution in [0, 0.1) is 13.8 Å². The van der Waals surface area contributed by atoms with Crippen LogP contribution in [0.5, 0.6) is 0 Å². The molecule has 0 aliphatic rings. The lowest BCUT2D eigenvalue weighted by molar-refractivity contribution is 0.0957. The van der Waals surface area contributed by atoms with Crippen LogP contribution < -0.4 is 5.32 Å². The zero-order valence-electron chi connectivity index (χ0n) is 14.6. The minimum Gasteiger partial charge on any atom is -0.383 e. The molecule has 0 saturated carbocycles. The number of rotatable bonds is 9. The Labute approximate surface area is 130 Å². The fourth-order valence-electron chi connectivity index (χ4n) is 2.94. The van der Waals surface area contributed by atoms with Gasteiger partial charge in [-0.15, -0.1) is 0 Å². The fourth-order valence-corrected chi connectivity index (χ4v) is 2.94. The fraction of sp³-hybridized carbons (Fsp3) is 0.667. The molecule has 0 radical (unpaired) electrons. The molecule has 0 fully saturated rings. The normalized spacial score (nSPS) is 14.4. The van der Waals surface area contributed by atoms with Crippen molar-refractivity contribution in [2.45, 2.75) is 46.7 Å². The van der Waals surface area contributed by atoms with Crippen LogP contribution in [0.2, 0.25) is 0 Å². The van der Waals surface area contributed by atoms with Crippen molar-refractivity contribution in [2.24, 2.45) is 0 Å². The van der Waals surface area contributed by atoms with Gasteiger partial charge in [0.05, 0.1) is 6.61 Å². The smallest absolute Gasteiger partial charge is 0.0615 e. The van der Waals surface area contributed by atoms with E-state index in [4.69, 9.17) is 4.74 Å². The Balaban J connectivity index is 2.89. The summed E-state index contributed by atoms with van der Waals surface area (Å²) < 4.78 is 5.31. The van der Waals surface area contributed by atoms with Crippen LogP contribution in [0.3, 0.4) is 0 Å². The summed E-state index contributed by atoms with van der Waals surface area (Å²) in [6, 6.07) is 7.56. The highest BCUT2D eigenvalue weighted by molar-refractivity contribution is 5.33. The number of nitrogens with zero attached hydrogens (tertiary/aromatic N) is 1. The van der Waals surface area contributed by atoms with Gasteiger partial charge in [-0.05, 0) is 45.0 Å². The summed E-state index contributed by atoms with van der Waals surface area (Å²) in [4.78, 5) is 2.48. The summed E-state index contributed by atoms with van der Waals surface area (Å²) in [5.74, 6) is 0. The maximum absolute atomic E-state index is 5.31. The van der Waals surface area contributed by atoms with Gasteiger partial charge in [-0.25, -0.2) is 0 Å². The molecule has 0 aliphatic carbocycles. The molecule has 0 heterocycles. The van der Waals surface area contributed by atoms with E-state index in [1.807, 2.05) is 0 Å². The second kappa shape index (κ2) is 9.19. The van der Waals surface area contributed by atoms with Crippen LogP contribution in [0.4, 0.5) is 0 Å². The summed E-state index contributed by atoms with van der Waals surface area (Å²) in [6.07, 6.45) is 0. The first kappa shape index (κ1) is 18.1. The van der Waals surface area contributed by atoms with Gasteiger partial charge in [-0.3, -0.25) is 4.90 Å². The van der Waals surface area contributed by atoms with Crippen LogP contribution in [0.25, 0.3) is 0 Å². The Kier molecular flexibility index (Phi) is 7.94. The van der Waals surface area contributed by atoms with Crippen molar-refractivity contribution >= 4 is 0 Å². The molecular weight excluding hydrogens is 260 g/mol. The van der Waals surface area contributed by atoms with E-state index in [2.05, 4.69) is 63.0 Å². The summed E-state index contributed by atoms with van der Waals surface area (Å²) in [7, 11) is 1.77. The second-order valence-electron chi connectivity index (χ2n) is 5.86. The van der Waals surface area contributed by atoms with Gasteiger partial charge in [0.25, 0.3) is 0 Å². The highest BCUT2D eigenvalue weighted by Gasteiger charge is 2.19. The van der Waals surface area contributed by atoms with Crippen LogP contribution in [0.1, 0.15) is 43.5 Å². The SMILES string of the molecule is CCNC(CN(CC)C(C)COC)c1ccc(C)cc1C. The molecule has 3 nitrogen and oxygen atoms in total. The van der Waals surface area contributed by atoms with Crippen LogP contribution in [-0.4, -0.2) is 44.3 Å². The van der Waals surface area contributed by atoms with E-state index in [1.54, 1.807) is 7.11 Å². The number of likely N-dealkylation sites (N-methyl/N-ethyl adjacent to an activating group) is 2. The Bertz CT molecular complexity index is 420. The summed E-state index contributed by atoms with van der Waals surface area (Å²) in [6.45, 7) is 14.8.